The molecule has 1 aliphatic heterocycles. The molecule has 2 atom stereocenters. The third kappa shape index (κ3) is 3.18. The summed E-state index contributed by atoms with van der Waals surface area (Å²) in [5, 5.41) is 15.2. The van der Waals surface area contributed by atoms with Crippen LogP contribution in [0.25, 0.3) is 0 Å². The lowest BCUT2D eigenvalue weighted by Gasteiger charge is -2.38. The van der Waals surface area contributed by atoms with Crippen molar-refractivity contribution in [1.29, 1.82) is 0 Å². The Morgan fingerprint density at radius 1 is 1.53 bits per heavy atom. The molecule has 1 saturated heterocycles. The van der Waals surface area contributed by atoms with Crippen molar-refractivity contribution in [2.45, 2.75) is 37.8 Å². The maximum absolute atomic E-state index is 11.7. The highest BCUT2D eigenvalue weighted by atomic mass is 16.5. The molecule has 0 radical (unpaired) electrons. The quantitative estimate of drug-likeness (QED) is 0.616. The van der Waals surface area contributed by atoms with Crippen LogP contribution < -0.4 is 10.6 Å². The molecule has 98 valence electrons. The van der Waals surface area contributed by atoms with Gasteiger partial charge < -0.3 is 20.5 Å². The number of aliphatic hydroxyl groups excluding tert-OH is 1. The minimum atomic E-state index is -0.177. The van der Waals surface area contributed by atoms with Gasteiger partial charge in [0.15, 0.2) is 0 Å². The van der Waals surface area contributed by atoms with Crippen LogP contribution in [-0.4, -0.2) is 49.0 Å². The monoisotopic (exact) mass is 242 g/mol. The average Bonchev–Trinajstić information content (AvgIpc) is 2.71. The van der Waals surface area contributed by atoms with E-state index in [0.29, 0.717) is 0 Å². The summed E-state index contributed by atoms with van der Waals surface area (Å²) < 4.78 is 5.57. The van der Waals surface area contributed by atoms with Crippen molar-refractivity contribution in [3.05, 3.63) is 0 Å². The second-order valence-electron chi connectivity index (χ2n) is 5.39. The van der Waals surface area contributed by atoms with Gasteiger partial charge in [0.05, 0.1) is 5.60 Å². The van der Waals surface area contributed by atoms with Gasteiger partial charge in [-0.3, -0.25) is 4.79 Å². The number of rotatable bonds is 5. The first-order chi connectivity index (χ1) is 8.13. The largest absolute Gasteiger partial charge is 0.396 e. The Kier molecular flexibility index (Phi) is 4.01. The van der Waals surface area contributed by atoms with Gasteiger partial charge in [-0.1, -0.05) is 6.42 Å². The minimum Gasteiger partial charge on any atom is -0.396 e. The number of carbonyl (C=O) groups excluding carboxylic acids is 1. The fraction of sp³-hybridized carbons (Fsp3) is 0.917. The van der Waals surface area contributed by atoms with Crippen molar-refractivity contribution < 1.29 is 14.6 Å². The van der Waals surface area contributed by atoms with Gasteiger partial charge in [-0.2, -0.15) is 0 Å². The van der Waals surface area contributed by atoms with Gasteiger partial charge in [0, 0.05) is 31.7 Å². The summed E-state index contributed by atoms with van der Waals surface area (Å²) in [6.45, 7) is 3.90. The van der Waals surface area contributed by atoms with E-state index < -0.39 is 0 Å². The van der Waals surface area contributed by atoms with Gasteiger partial charge in [0.1, 0.15) is 6.61 Å². The second kappa shape index (κ2) is 5.33. The highest BCUT2D eigenvalue weighted by Crippen LogP contribution is 2.25. The lowest BCUT2D eigenvalue weighted by molar-refractivity contribution is -0.136. The molecule has 2 unspecified atom stereocenters. The molecule has 1 heterocycles. The summed E-state index contributed by atoms with van der Waals surface area (Å²) in [5.74, 6) is 0.156. The maximum Gasteiger partial charge on any atom is 0.246 e. The summed E-state index contributed by atoms with van der Waals surface area (Å²) >= 11 is 0. The number of nitrogens with one attached hydrogen (secondary N) is 2. The zero-order valence-corrected chi connectivity index (χ0v) is 10.4. The Bertz CT molecular complexity index is 279. The molecular formula is C12H22N2O3. The van der Waals surface area contributed by atoms with Crippen LogP contribution in [-0.2, 0) is 9.53 Å². The normalized spacial score (nSPS) is 30.9. The highest BCUT2D eigenvalue weighted by molar-refractivity contribution is 5.77. The molecule has 5 nitrogen and oxygen atoms in total. The number of amides is 1. The third-order valence-corrected chi connectivity index (χ3v) is 3.79. The Morgan fingerprint density at radius 2 is 2.29 bits per heavy atom. The Morgan fingerprint density at radius 3 is 2.88 bits per heavy atom. The summed E-state index contributed by atoms with van der Waals surface area (Å²) in [6, 6.07) is 0.128. The first kappa shape index (κ1) is 12.8. The lowest BCUT2D eigenvalue weighted by atomic mass is 10.0. The van der Waals surface area contributed by atoms with Crippen molar-refractivity contribution in [1.82, 2.24) is 10.6 Å². The topological polar surface area (TPSA) is 70.6 Å². The molecule has 5 heteroatoms. The molecule has 1 amide bonds. The van der Waals surface area contributed by atoms with Crippen molar-refractivity contribution in [2.75, 3.05) is 26.3 Å². The van der Waals surface area contributed by atoms with E-state index in [-0.39, 0.29) is 36.7 Å². The van der Waals surface area contributed by atoms with E-state index in [0.717, 1.165) is 32.4 Å². The maximum atomic E-state index is 11.7. The minimum absolute atomic E-state index is 0.0662. The van der Waals surface area contributed by atoms with E-state index in [1.807, 2.05) is 6.92 Å². The fourth-order valence-electron chi connectivity index (χ4n) is 2.51. The van der Waals surface area contributed by atoms with Crippen LogP contribution in [0, 0.1) is 5.92 Å². The third-order valence-electron chi connectivity index (χ3n) is 3.79. The van der Waals surface area contributed by atoms with E-state index in [4.69, 9.17) is 9.84 Å². The SMILES string of the molecule is CC1(OCC(=O)NC2CCCC2CO)CNC1. The second-order valence-corrected chi connectivity index (χ2v) is 5.39. The summed E-state index contributed by atoms with van der Waals surface area (Å²) in [5.41, 5.74) is -0.177. The van der Waals surface area contributed by atoms with E-state index >= 15 is 0 Å². The van der Waals surface area contributed by atoms with Crippen LogP contribution >= 0.6 is 0 Å². The smallest absolute Gasteiger partial charge is 0.246 e. The van der Waals surface area contributed by atoms with Gasteiger partial charge in [-0.15, -0.1) is 0 Å². The van der Waals surface area contributed by atoms with Gasteiger partial charge >= 0.3 is 0 Å². The molecule has 0 spiro atoms. The van der Waals surface area contributed by atoms with Crippen molar-refractivity contribution in [2.24, 2.45) is 5.92 Å². The van der Waals surface area contributed by atoms with Crippen molar-refractivity contribution >= 4 is 5.91 Å². The number of aliphatic hydroxyl groups is 1. The predicted molar refractivity (Wildman–Crippen MR) is 63.6 cm³/mol. The van der Waals surface area contributed by atoms with E-state index in [1.54, 1.807) is 0 Å². The molecule has 3 N–H and O–H groups in total. The lowest BCUT2D eigenvalue weighted by Crippen LogP contribution is -2.59. The molecule has 2 fully saturated rings. The van der Waals surface area contributed by atoms with Crippen LogP contribution in [0.4, 0.5) is 0 Å². The summed E-state index contributed by atoms with van der Waals surface area (Å²) in [7, 11) is 0. The van der Waals surface area contributed by atoms with Crippen LogP contribution in [0.5, 0.6) is 0 Å². The van der Waals surface area contributed by atoms with Crippen LogP contribution in [0.15, 0.2) is 0 Å². The van der Waals surface area contributed by atoms with E-state index in [2.05, 4.69) is 10.6 Å². The first-order valence-electron chi connectivity index (χ1n) is 6.38. The standard InChI is InChI=1S/C12H22N2O3/c1-12(7-13-8-12)17-6-11(16)14-10-4-2-3-9(10)5-15/h9-10,13,15H,2-8H2,1H3,(H,14,16). The molecule has 0 bridgehead atoms. The zero-order chi connectivity index (χ0) is 12.3. The van der Waals surface area contributed by atoms with Gasteiger partial charge in [0.25, 0.3) is 0 Å². The molecule has 1 saturated carbocycles. The first-order valence-corrected chi connectivity index (χ1v) is 6.38. The van der Waals surface area contributed by atoms with Gasteiger partial charge in [-0.25, -0.2) is 0 Å². The van der Waals surface area contributed by atoms with Gasteiger partial charge in [-0.05, 0) is 19.8 Å². The zero-order valence-electron chi connectivity index (χ0n) is 10.4. The van der Waals surface area contributed by atoms with Crippen LogP contribution in [0.1, 0.15) is 26.2 Å². The number of ether oxygens (including phenoxy) is 1. The molecule has 17 heavy (non-hydrogen) atoms. The Balaban J connectivity index is 1.69. The van der Waals surface area contributed by atoms with Crippen LogP contribution in [0.3, 0.4) is 0 Å². The Hall–Kier alpha value is -0.650. The number of carbonyl (C=O) groups is 1. The van der Waals surface area contributed by atoms with E-state index in [9.17, 15) is 4.79 Å². The molecule has 2 aliphatic rings. The summed E-state index contributed by atoms with van der Waals surface area (Å²) in [4.78, 5) is 11.7. The molecule has 0 aromatic heterocycles. The predicted octanol–water partition coefficient (Wildman–Crippen LogP) is -0.358. The average molecular weight is 242 g/mol. The molecule has 0 aromatic carbocycles. The molecule has 2 rings (SSSR count). The molecular weight excluding hydrogens is 220 g/mol. The van der Waals surface area contributed by atoms with Crippen molar-refractivity contribution in [3.63, 3.8) is 0 Å². The Labute approximate surface area is 102 Å². The summed E-state index contributed by atoms with van der Waals surface area (Å²) in [6.07, 6.45) is 3.05. The molecule has 1 aliphatic carbocycles. The van der Waals surface area contributed by atoms with E-state index in [1.165, 1.54) is 0 Å². The molecule has 0 aromatic rings. The number of hydrogen-bond acceptors (Lipinski definition) is 4. The number of hydrogen-bond donors (Lipinski definition) is 3. The van der Waals surface area contributed by atoms with Gasteiger partial charge in [0.2, 0.25) is 5.91 Å². The fourth-order valence-corrected chi connectivity index (χ4v) is 2.51. The highest BCUT2D eigenvalue weighted by Gasteiger charge is 2.34. The van der Waals surface area contributed by atoms with Crippen LogP contribution in [0.2, 0.25) is 0 Å². The van der Waals surface area contributed by atoms with Crippen molar-refractivity contribution in [3.8, 4) is 0 Å².